The molecule has 0 N–H and O–H groups in total. The lowest BCUT2D eigenvalue weighted by molar-refractivity contribution is 0.485. The Labute approximate surface area is 130 Å². The predicted octanol–water partition coefficient (Wildman–Crippen LogP) is 2.47. The van der Waals surface area contributed by atoms with Crippen molar-refractivity contribution in [3.63, 3.8) is 0 Å². The third-order valence-corrected chi connectivity index (χ3v) is 5.58. The molecule has 7 heteroatoms. The highest BCUT2D eigenvalue weighted by molar-refractivity contribution is 7.90. The fraction of sp³-hybridized carbons (Fsp3) is 0.200. The molecule has 0 bridgehead atoms. The van der Waals surface area contributed by atoms with Crippen LogP contribution in [0.3, 0.4) is 0 Å². The van der Waals surface area contributed by atoms with Crippen LogP contribution >= 0.6 is 0 Å². The molecule has 0 heterocycles. The van der Waals surface area contributed by atoms with Crippen LogP contribution in [0.5, 0.6) is 5.75 Å². The molecule has 0 unspecified atom stereocenters. The molecule has 0 saturated carbocycles. The number of sulfone groups is 1. The molecule has 0 amide bonds. The van der Waals surface area contributed by atoms with E-state index in [1.807, 2.05) is 6.92 Å². The molecule has 0 aliphatic heterocycles. The van der Waals surface area contributed by atoms with Gasteiger partial charge in [0.15, 0.2) is 9.84 Å². The van der Waals surface area contributed by atoms with Crippen LogP contribution < -0.4 is 4.18 Å². The summed E-state index contributed by atoms with van der Waals surface area (Å²) in [5.74, 6) is 0.176. The third-order valence-electron chi connectivity index (χ3n) is 3.08. The van der Waals surface area contributed by atoms with E-state index in [2.05, 4.69) is 0 Å². The summed E-state index contributed by atoms with van der Waals surface area (Å²) in [6.07, 6.45) is 1.02. The molecule has 2 aromatic rings. The van der Waals surface area contributed by atoms with Crippen LogP contribution in [0.1, 0.15) is 11.1 Å². The summed E-state index contributed by atoms with van der Waals surface area (Å²) in [5.41, 5.74) is 1.39. The van der Waals surface area contributed by atoms with Gasteiger partial charge in [-0.3, -0.25) is 0 Å². The van der Waals surface area contributed by atoms with E-state index in [0.29, 0.717) is 5.56 Å². The summed E-state index contributed by atoms with van der Waals surface area (Å²) in [6.45, 7) is 3.45. The van der Waals surface area contributed by atoms with Gasteiger partial charge in [0.1, 0.15) is 10.6 Å². The standard InChI is InChI=1S/C15H16O5S2/c1-11-4-7-13(8-5-11)20-22(18,19)15-10-14(21(3,16)17)9-6-12(15)2/h4-10H,1-3H3. The first-order valence-electron chi connectivity index (χ1n) is 6.41. The molecule has 0 aromatic heterocycles. The number of hydrogen-bond donors (Lipinski definition) is 0. The lowest BCUT2D eigenvalue weighted by Crippen LogP contribution is -2.12. The van der Waals surface area contributed by atoms with Gasteiger partial charge >= 0.3 is 10.1 Å². The average molecular weight is 340 g/mol. The second kappa shape index (κ2) is 5.73. The Bertz CT molecular complexity index is 895. The van der Waals surface area contributed by atoms with E-state index >= 15 is 0 Å². The molecule has 0 atom stereocenters. The second-order valence-electron chi connectivity index (χ2n) is 5.05. The molecule has 0 saturated heterocycles. The molecular weight excluding hydrogens is 324 g/mol. The van der Waals surface area contributed by atoms with Gasteiger partial charge in [-0.05, 0) is 43.7 Å². The van der Waals surface area contributed by atoms with Crippen LogP contribution in [0.4, 0.5) is 0 Å². The van der Waals surface area contributed by atoms with Gasteiger partial charge in [-0.25, -0.2) is 8.42 Å². The second-order valence-corrected chi connectivity index (χ2v) is 8.58. The Morgan fingerprint density at radius 3 is 2.00 bits per heavy atom. The van der Waals surface area contributed by atoms with Crippen molar-refractivity contribution in [2.75, 3.05) is 6.26 Å². The summed E-state index contributed by atoms with van der Waals surface area (Å²) < 4.78 is 53.0. The van der Waals surface area contributed by atoms with E-state index in [0.717, 1.165) is 17.9 Å². The van der Waals surface area contributed by atoms with E-state index in [-0.39, 0.29) is 15.5 Å². The third kappa shape index (κ3) is 3.66. The molecule has 0 fully saturated rings. The van der Waals surface area contributed by atoms with Crippen molar-refractivity contribution in [3.05, 3.63) is 53.6 Å². The molecule has 2 aromatic carbocycles. The Kier molecular flexibility index (Phi) is 4.30. The minimum atomic E-state index is -4.10. The Balaban J connectivity index is 2.47. The smallest absolute Gasteiger partial charge is 0.339 e. The normalized spacial score (nSPS) is 12.1. The zero-order valence-corrected chi connectivity index (χ0v) is 14.0. The van der Waals surface area contributed by atoms with Crippen molar-refractivity contribution in [1.82, 2.24) is 0 Å². The maximum Gasteiger partial charge on any atom is 0.339 e. The quantitative estimate of drug-likeness (QED) is 0.799. The van der Waals surface area contributed by atoms with Gasteiger partial charge < -0.3 is 4.18 Å². The van der Waals surface area contributed by atoms with Crippen LogP contribution in [-0.4, -0.2) is 23.1 Å². The van der Waals surface area contributed by atoms with Gasteiger partial charge in [0.05, 0.1) is 4.90 Å². The van der Waals surface area contributed by atoms with E-state index in [1.165, 1.54) is 12.1 Å². The van der Waals surface area contributed by atoms with Crippen LogP contribution in [0.15, 0.2) is 52.3 Å². The summed E-state index contributed by atoms with van der Waals surface area (Å²) in [5, 5.41) is 0. The van der Waals surface area contributed by atoms with E-state index in [4.69, 9.17) is 4.18 Å². The molecule has 0 aliphatic rings. The number of benzene rings is 2. The highest BCUT2D eigenvalue weighted by Crippen LogP contribution is 2.24. The number of rotatable bonds is 4. The van der Waals surface area contributed by atoms with Crippen LogP contribution in [0.25, 0.3) is 0 Å². The maximum absolute atomic E-state index is 12.4. The molecule has 2 rings (SSSR count). The van der Waals surface area contributed by atoms with Gasteiger partial charge in [-0.15, -0.1) is 0 Å². The average Bonchev–Trinajstić information content (AvgIpc) is 2.40. The van der Waals surface area contributed by atoms with Gasteiger partial charge in [0.2, 0.25) is 0 Å². The highest BCUT2D eigenvalue weighted by atomic mass is 32.2. The van der Waals surface area contributed by atoms with Crippen molar-refractivity contribution in [3.8, 4) is 5.75 Å². The van der Waals surface area contributed by atoms with Crippen LogP contribution in [-0.2, 0) is 20.0 Å². The highest BCUT2D eigenvalue weighted by Gasteiger charge is 2.22. The summed E-state index contributed by atoms with van der Waals surface area (Å²) in [4.78, 5) is -0.222. The van der Waals surface area contributed by atoms with Gasteiger partial charge in [0.25, 0.3) is 0 Å². The molecule has 0 aliphatic carbocycles. The van der Waals surface area contributed by atoms with Gasteiger partial charge in [-0.2, -0.15) is 8.42 Å². The lowest BCUT2D eigenvalue weighted by Gasteiger charge is -2.10. The minimum absolute atomic E-state index is 0.0656. The predicted molar refractivity (Wildman–Crippen MR) is 83.3 cm³/mol. The largest absolute Gasteiger partial charge is 0.379 e. The SMILES string of the molecule is Cc1ccc(OS(=O)(=O)c2cc(S(C)(=O)=O)ccc2C)cc1. The number of aryl methyl sites for hydroxylation is 2. The zero-order chi connectivity index (χ0) is 16.5. The first-order chi connectivity index (χ1) is 10.1. The fourth-order valence-corrected chi connectivity index (χ4v) is 3.76. The van der Waals surface area contributed by atoms with Gasteiger partial charge in [0, 0.05) is 6.26 Å². The Hall–Kier alpha value is -1.86. The maximum atomic E-state index is 12.4. The molecular formula is C15H16O5S2. The van der Waals surface area contributed by atoms with E-state index < -0.39 is 20.0 Å². The monoisotopic (exact) mass is 340 g/mol. The zero-order valence-electron chi connectivity index (χ0n) is 12.4. The van der Waals surface area contributed by atoms with E-state index in [1.54, 1.807) is 31.2 Å². The van der Waals surface area contributed by atoms with E-state index in [9.17, 15) is 16.8 Å². The molecule has 118 valence electrons. The number of hydrogen-bond acceptors (Lipinski definition) is 5. The van der Waals surface area contributed by atoms with Crippen molar-refractivity contribution in [1.29, 1.82) is 0 Å². The Morgan fingerprint density at radius 1 is 0.864 bits per heavy atom. The first-order valence-corrected chi connectivity index (χ1v) is 9.71. The van der Waals surface area contributed by atoms with Crippen molar-refractivity contribution in [2.45, 2.75) is 23.6 Å². The summed E-state index contributed by atoms with van der Waals surface area (Å²) in [7, 11) is -7.60. The van der Waals surface area contributed by atoms with Crippen molar-refractivity contribution < 1.29 is 21.0 Å². The lowest BCUT2D eigenvalue weighted by atomic mass is 10.2. The first kappa shape index (κ1) is 16.5. The molecule has 0 radical (unpaired) electrons. The van der Waals surface area contributed by atoms with Gasteiger partial charge in [-0.1, -0.05) is 23.8 Å². The summed E-state index contributed by atoms with van der Waals surface area (Å²) >= 11 is 0. The molecule has 22 heavy (non-hydrogen) atoms. The molecule has 5 nitrogen and oxygen atoms in total. The Morgan fingerprint density at radius 2 is 1.45 bits per heavy atom. The fourth-order valence-electron chi connectivity index (χ4n) is 1.85. The van der Waals surface area contributed by atoms with Crippen molar-refractivity contribution in [2.24, 2.45) is 0 Å². The summed E-state index contributed by atoms with van der Waals surface area (Å²) in [6, 6.07) is 10.5. The molecule has 0 spiro atoms. The van der Waals surface area contributed by atoms with Crippen LogP contribution in [0, 0.1) is 13.8 Å². The van der Waals surface area contributed by atoms with Crippen molar-refractivity contribution >= 4 is 20.0 Å². The minimum Gasteiger partial charge on any atom is -0.379 e. The topological polar surface area (TPSA) is 77.5 Å². The van der Waals surface area contributed by atoms with Crippen LogP contribution in [0.2, 0.25) is 0 Å².